The molecule has 0 fully saturated rings. The lowest BCUT2D eigenvalue weighted by molar-refractivity contribution is -0.384. The monoisotopic (exact) mass is 935 g/mol. The van der Waals surface area contributed by atoms with E-state index in [0.29, 0.717) is 25.3 Å². The molecule has 0 radical (unpaired) electrons. The predicted octanol–water partition coefficient (Wildman–Crippen LogP) is 9.09. The molecule has 3 aromatic carbocycles. The first kappa shape index (κ1) is 45.5. The van der Waals surface area contributed by atoms with Crippen molar-refractivity contribution in [2.24, 2.45) is 0 Å². The van der Waals surface area contributed by atoms with Gasteiger partial charge in [-0.25, -0.2) is 18.4 Å². The smallest absolute Gasteiger partial charge is 0.269 e. The van der Waals surface area contributed by atoms with E-state index in [1.54, 1.807) is 47.4 Å². The summed E-state index contributed by atoms with van der Waals surface area (Å²) in [7, 11) is -4.05. The van der Waals surface area contributed by atoms with E-state index >= 15 is 0 Å². The summed E-state index contributed by atoms with van der Waals surface area (Å²) in [6, 6.07) is 40.0. The highest BCUT2D eigenvalue weighted by Crippen LogP contribution is 2.30. The number of hydrogen-bond acceptors (Lipinski definition) is 15. The number of sulfonamides is 1. The third-order valence-electron chi connectivity index (χ3n) is 10.4. The Kier molecular flexibility index (Phi) is 15.3. The van der Waals surface area contributed by atoms with Crippen molar-refractivity contribution in [3.05, 3.63) is 202 Å². The molecular weight excluding hydrogens is 891 g/mol. The van der Waals surface area contributed by atoms with Crippen LogP contribution in [0.25, 0.3) is 20.4 Å². The van der Waals surface area contributed by atoms with Crippen molar-refractivity contribution in [2.75, 3.05) is 35.8 Å². The Morgan fingerprint density at radius 1 is 0.545 bits per heavy atom. The third-order valence-corrected chi connectivity index (χ3v) is 13.8. The SMILES string of the molecule is O=[N+]([O-])c1ccc(S(=O)(=O)N(CCN(Cc2ccccn2)Cc2ccccn2)c2ccc3ncsc3c2)cc1.c1ccc(CN(CCNc2ccc3ncsc3c2)Cc2ccccn2)nc1. The molecule has 334 valence electrons. The van der Waals surface area contributed by atoms with Crippen LogP contribution >= 0.6 is 22.7 Å². The zero-order chi connectivity index (χ0) is 45.6. The van der Waals surface area contributed by atoms with Gasteiger partial charge in [0.25, 0.3) is 15.7 Å². The van der Waals surface area contributed by atoms with Gasteiger partial charge >= 0.3 is 0 Å². The van der Waals surface area contributed by atoms with Crippen molar-refractivity contribution in [3.8, 4) is 0 Å². The summed E-state index contributed by atoms with van der Waals surface area (Å²) in [6.45, 7) is 4.84. The number of hydrogen-bond donors (Lipinski definition) is 1. The van der Waals surface area contributed by atoms with Crippen LogP contribution in [0.1, 0.15) is 22.8 Å². The zero-order valence-corrected chi connectivity index (χ0v) is 38.1. The minimum atomic E-state index is -4.05. The Morgan fingerprint density at radius 3 is 1.52 bits per heavy atom. The van der Waals surface area contributed by atoms with Gasteiger partial charge in [-0.15, -0.1) is 22.7 Å². The molecule has 9 rings (SSSR count). The highest BCUT2D eigenvalue weighted by atomic mass is 32.2. The largest absolute Gasteiger partial charge is 0.384 e. The van der Waals surface area contributed by atoms with E-state index in [1.165, 1.54) is 44.6 Å². The molecule has 0 bridgehead atoms. The number of rotatable bonds is 19. The van der Waals surface area contributed by atoms with Crippen LogP contribution in [-0.2, 0) is 36.2 Å². The molecule has 0 aliphatic heterocycles. The maximum absolute atomic E-state index is 13.9. The van der Waals surface area contributed by atoms with E-state index in [1.807, 2.05) is 78.6 Å². The number of non-ortho nitro benzene ring substituents is 1. The van der Waals surface area contributed by atoms with Gasteiger partial charge in [-0.05, 0) is 97.1 Å². The third kappa shape index (κ3) is 12.4. The molecule has 0 aliphatic rings. The van der Waals surface area contributed by atoms with Crippen LogP contribution in [0.5, 0.6) is 0 Å². The van der Waals surface area contributed by atoms with Gasteiger partial charge in [0.05, 0.1) is 69.7 Å². The van der Waals surface area contributed by atoms with E-state index in [9.17, 15) is 18.5 Å². The zero-order valence-electron chi connectivity index (χ0n) is 35.7. The van der Waals surface area contributed by atoms with Gasteiger partial charge in [-0.3, -0.25) is 44.2 Å². The second kappa shape index (κ2) is 22.2. The lowest BCUT2D eigenvalue weighted by atomic mass is 10.2. The normalized spacial score (nSPS) is 11.4. The molecule has 18 heteroatoms. The fourth-order valence-corrected chi connectivity index (χ4v) is 9.99. The van der Waals surface area contributed by atoms with Crippen LogP contribution in [0.4, 0.5) is 17.1 Å². The van der Waals surface area contributed by atoms with Crippen molar-refractivity contribution in [2.45, 2.75) is 31.1 Å². The minimum Gasteiger partial charge on any atom is -0.384 e. The van der Waals surface area contributed by atoms with Gasteiger partial charge in [0.2, 0.25) is 0 Å². The standard InChI is InChI=1S/C27H24N6O4S2.C21H21N5S/c34-33(35)23-7-10-25(11-8-23)39(36,37)32(24-9-12-26-27(17-24)38-20-30-26)16-15-31(18-21-5-1-3-13-28-21)19-22-6-2-4-14-29-22;1-3-9-22-18(5-1)14-26(15-19-6-2-4-10-23-19)12-11-24-17-7-8-20-21(13-17)27-16-25-20/h1-14,17,20H,15-16,18-19H2;1-10,13,16,24H,11-12,14-15H2. The van der Waals surface area contributed by atoms with Crippen LogP contribution in [0, 0.1) is 10.1 Å². The Morgan fingerprint density at radius 2 is 1.03 bits per heavy atom. The number of pyridine rings is 4. The molecular formula is C48H45N11O4S3. The number of fused-ring (bicyclic) bond motifs is 2. The molecule has 1 N–H and O–H groups in total. The highest BCUT2D eigenvalue weighted by molar-refractivity contribution is 7.92. The summed E-state index contributed by atoms with van der Waals surface area (Å²) in [6.07, 6.45) is 7.14. The molecule has 15 nitrogen and oxygen atoms in total. The first-order chi connectivity index (χ1) is 32.3. The van der Waals surface area contributed by atoms with Crippen molar-refractivity contribution in [1.82, 2.24) is 39.7 Å². The van der Waals surface area contributed by atoms with E-state index in [4.69, 9.17) is 0 Å². The Hall–Kier alpha value is -7.09. The van der Waals surface area contributed by atoms with Gasteiger partial charge in [-0.2, -0.15) is 0 Å². The topological polar surface area (TPSA) is 176 Å². The van der Waals surface area contributed by atoms with Crippen molar-refractivity contribution in [1.29, 1.82) is 0 Å². The molecule has 0 atom stereocenters. The summed E-state index contributed by atoms with van der Waals surface area (Å²) >= 11 is 3.09. The van der Waals surface area contributed by atoms with E-state index in [0.717, 1.165) is 70.4 Å². The van der Waals surface area contributed by atoms with Crippen molar-refractivity contribution in [3.63, 3.8) is 0 Å². The molecule has 6 aromatic heterocycles. The molecule has 0 saturated heterocycles. The number of nitro groups is 1. The summed E-state index contributed by atoms with van der Waals surface area (Å²) in [5, 5.41) is 14.6. The molecule has 0 unspecified atom stereocenters. The van der Waals surface area contributed by atoms with Crippen molar-refractivity contribution >= 4 is 70.2 Å². The minimum absolute atomic E-state index is 0.0292. The molecule has 0 spiro atoms. The number of aromatic nitrogens is 6. The summed E-state index contributed by atoms with van der Waals surface area (Å²) < 4.78 is 31.2. The van der Waals surface area contributed by atoms with Gasteiger partial charge < -0.3 is 5.32 Å². The van der Waals surface area contributed by atoms with Crippen LogP contribution in [-0.4, -0.2) is 79.2 Å². The molecule has 0 amide bonds. The van der Waals surface area contributed by atoms with Gasteiger partial charge in [0.15, 0.2) is 0 Å². The summed E-state index contributed by atoms with van der Waals surface area (Å²) in [5.74, 6) is 0. The van der Waals surface area contributed by atoms with Crippen LogP contribution in [0.2, 0.25) is 0 Å². The van der Waals surface area contributed by atoms with E-state index in [2.05, 4.69) is 75.4 Å². The lowest BCUT2D eigenvalue weighted by Crippen LogP contribution is -2.38. The average Bonchev–Trinajstić information content (AvgIpc) is 4.03. The number of nitro benzene ring substituents is 1. The van der Waals surface area contributed by atoms with E-state index < -0.39 is 14.9 Å². The first-order valence-corrected chi connectivity index (χ1v) is 24.2. The first-order valence-electron chi connectivity index (χ1n) is 21.0. The molecule has 0 aliphatic carbocycles. The number of nitrogens with zero attached hydrogens (tertiary/aromatic N) is 10. The van der Waals surface area contributed by atoms with Gasteiger partial charge in [0, 0.05) is 95.0 Å². The molecule has 66 heavy (non-hydrogen) atoms. The summed E-state index contributed by atoms with van der Waals surface area (Å²) in [5.41, 5.74) is 10.7. The predicted molar refractivity (Wildman–Crippen MR) is 261 cm³/mol. The Bertz CT molecular complexity index is 2960. The van der Waals surface area contributed by atoms with Crippen LogP contribution in [0.3, 0.4) is 0 Å². The maximum Gasteiger partial charge on any atom is 0.269 e. The second-order valence-electron chi connectivity index (χ2n) is 15.0. The lowest BCUT2D eigenvalue weighted by Gasteiger charge is -2.28. The Labute approximate surface area is 390 Å². The number of anilines is 2. The van der Waals surface area contributed by atoms with Crippen molar-refractivity contribution < 1.29 is 13.3 Å². The quantitative estimate of drug-likeness (QED) is 0.0601. The fraction of sp³-hybridized carbons (Fsp3) is 0.167. The molecule has 0 saturated carbocycles. The highest BCUT2D eigenvalue weighted by Gasteiger charge is 2.27. The van der Waals surface area contributed by atoms with Gasteiger partial charge in [-0.1, -0.05) is 24.3 Å². The van der Waals surface area contributed by atoms with Crippen LogP contribution < -0.4 is 9.62 Å². The fourth-order valence-electron chi connectivity index (χ4n) is 7.12. The number of benzene rings is 3. The number of thiazole rings is 2. The Balaban J connectivity index is 0.000000192. The summed E-state index contributed by atoms with van der Waals surface area (Å²) in [4.78, 5) is 41.4. The maximum atomic E-state index is 13.9. The van der Waals surface area contributed by atoms with Crippen LogP contribution in [0.15, 0.2) is 174 Å². The molecule has 6 heterocycles. The number of nitrogens with one attached hydrogen (secondary N) is 1. The molecule has 9 aromatic rings. The average molecular weight is 936 g/mol. The second-order valence-corrected chi connectivity index (χ2v) is 18.6. The van der Waals surface area contributed by atoms with Gasteiger partial charge in [0.1, 0.15) is 0 Å². The van der Waals surface area contributed by atoms with E-state index in [-0.39, 0.29) is 17.1 Å².